The highest BCUT2D eigenvalue weighted by molar-refractivity contribution is 9.10. The molecule has 0 heterocycles. The van der Waals surface area contributed by atoms with E-state index in [2.05, 4.69) is 31.9 Å². The van der Waals surface area contributed by atoms with Gasteiger partial charge >= 0.3 is 0 Å². The number of benzene rings is 2. The lowest BCUT2D eigenvalue weighted by Gasteiger charge is -2.18. The molecule has 0 aliphatic heterocycles. The smallest absolute Gasteiger partial charge is 0.261 e. The molecule has 0 aliphatic carbocycles. The van der Waals surface area contributed by atoms with E-state index in [1.54, 1.807) is 36.4 Å². The summed E-state index contributed by atoms with van der Waals surface area (Å²) in [6.45, 7) is 9.31. The first-order chi connectivity index (χ1) is 14.0. The van der Waals surface area contributed by atoms with Crippen LogP contribution in [0.4, 0.5) is 11.4 Å². The molecule has 0 bridgehead atoms. The zero-order valence-electron chi connectivity index (χ0n) is 17.6. The number of ether oxygens (including phenoxy) is 1. The molecule has 0 fully saturated rings. The van der Waals surface area contributed by atoms with Crippen molar-refractivity contribution in [1.82, 2.24) is 5.32 Å². The fourth-order valence-corrected chi connectivity index (χ4v) is 2.93. The Morgan fingerprint density at radius 1 is 1.03 bits per heavy atom. The summed E-state index contributed by atoms with van der Waals surface area (Å²) in [7, 11) is 0. The van der Waals surface area contributed by atoms with Crippen molar-refractivity contribution in [1.29, 1.82) is 0 Å². The molecule has 6 nitrogen and oxygen atoms in total. The van der Waals surface area contributed by atoms with E-state index in [1.807, 2.05) is 40.7 Å². The van der Waals surface area contributed by atoms with Gasteiger partial charge in [0.1, 0.15) is 5.75 Å². The standard InChI is InChI=1S/C22H26BrN3O3S/c1-13(2)29-18-10-9-14(23)11-17(18)19(27)26-21(30)25-16-8-6-7-15(12-16)24-20(28)22(3,4)5/h6-13H,1-5H3,(H,24,28)(H2,25,26,27,30). The molecule has 0 saturated carbocycles. The number of carbonyl (C=O) groups excluding carboxylic acids is 2. The second-order valence-electron chi connectivity index (χ2n) is 8.00. The molecule has 3 N–H and O–H groups in total. The van der Waals surface area contributed by atoms with E-state index < -0.39 is 5.41 Å². The Kier molecular flexibility index (Phi) is 7.97. The van der Waals surface area contributed by atoms with Gasteiger partial charge in [0.05, 0.1) is 11.7 Å². The first kappa shape index (κ1) is 23.8. The van der Waals surface area contributed by atoms with Crippen LogP contribution in [0.25, 0.3) is 0 Å². The predicted octanol–water partition coefficient (Wildman–Crippen LogP) is 5.35. The van der Waals surface area contributed by atoms with Crippen molar-refractivity contribution >= 4 is 56.4 Å². The van der Waals surface area contributed by atoms with Crippen LogP contribution >= 0.6 is 28.1 Å². The van der Waals surface area contributed by atoms with Gasteiger partial charge in [-0.25, -0.2) is 0 Å². The number of anilines is 2. The maximum absolute atomic E-state index is 12.7. The largest absolute Gasteiger partial charge is 0.490 e. The lowest BCUT2D eigenvalue weighted by molar-refractivity contribution is -0.123. The summed E-state index contributed by atoms with van der Waals surface area (Å²) in [5, 5.41) is 8.63. The van der Waals surface area contributed by atoms with Gasteiger partial charge in [-0.2, -0.15) is 0 Å². The van der Waals surface area contributed by atoms with E-state index in [-0.39, 0.29) is 23.0 Å². The highest BCUT2D eigenvalue weighted by atomic mass is 79.9. The molecule has 0 spiro atoms. The molecule has 2 aromatic carbocycles. The molecule has 2 rings (SSSR count). The Hall–Kier alpha value is -2.45. The second kappa shape index (κ2) is 10.0. The van der Waals surface area contributed by atoms with E-state index >= 15 is 0 Å². The Labute approximate surface area is 190 Å². The topological polar surface area (TPSA) is 79.5 Å². The van der Waals surface area contributed by atoms with Gasteiger partial charge in [0.25, 0.3) is 5.91 Å². The number of rotatable bonds is 5. The lowest BCUT2D eigenvalue weighted by atomic mass is 9.95. The second-order valence-corrected chi connectivity index (χ2v) is 9.32. The van der Waals surface area contributed by atoms with E-state index in [0.29, 0.717) is 22.7 Å². The molecular weight excluding hydrogens is 466 g/mol. The van der Waals surface area contributed by atoms with Gasteiger partial charge in [0.2, 0.25) is 5.91 Å². The van der Waals surface area contributed by atoms with Crippen molar-refractivity contribution in [2.24, 2.45) is 5.41 Å². The number of thiocarbonyl (C=S) groups is 1. The van der Waals surface area contributed by atoms with Gasteiger partial charge in [0.15, 0.2) is 5.11 Å². The molecule has 0 radical (unpaired) electrons. The highest BCUT2D eigenvalue weighted by Crippen LogP contribution is 2.24. The molecular formula is C22H26BrN3O3S. The SMILES string of the molecule is CC(C)Oc1ccc(Br)cc1C(=O)NC(=S)Nc1cccc(NC(=O)C(C)(C)C)c1. The average molecular weight is 492 g/mol. The van der Waals surface area contributed by atoms with Crippen LogP contribution in [0, 0.1) is 5.41 Å². The summed E-state index contributed by atoms with van der Waals surface area (Å²) in [6.07, 6.45) is -0.0751. The third-order valence-corrected chi connectivity index (χ3v) is 4.53. The summed E-state index contributed by atoms with van der Waals surface area (Å²) in [5.41, 5.74) is 1.13. The average Bonchev–Trinajstić information content (AvgIpc) is 2.62. The van der Waals surface area contributed by atoms with Crippen molar-refractivity contribution in [2.45, 2.75) is 40.7 Å². The van der Waals surface area contributed by atoms with Crippen molar-refractivity contribution < 1.29 is 14.3 Å². The normalized spacial score (nSPS) is 11.0. The molecule has 0 aromatic heterocycles. The van der Waals surface area contributed by atoms with E-state index in [1.165, 1.54) is 0 Å². The minimum atomic E-state index is -0.508. The van der Waals surface area contributed by atoms with Gasteiger partial charge in [-0.3, -0.25) is 14.9 Å². The fourth-order valence-electron chi connectivity index (χ4n) is 2.36. The van der Waals surface area contributed by atoms with Crippen molar-refractivity contribution in [3.05, 3.63) is 52.5 Å². The molecule has 8 heteroatoms. The molecule has 0 saturated heterocycles. The van der Waals surface area contributed by atoms with Crippen LogP contribution in [0.3, 0.4) is 0 Å². The molecule has 2 aromatic rings. The van der Waals surface area contributed by atoms with Gasteiger partial charge in [-0.15, -0.1) is 0 Å². The minimum absolute atomic E-state index is 0.0751. The van der Waals surface area contributed by atoms with Crippen LogP contribution in [0.15, 0.2) is 46.9 Å². The van der Waals surface area contributed by atoms with Crippen LogP contribution in [-0.2, 0) is 4.79 Å². The number of halogens is 1. The highest BCUT2D eigenvalue weighted by Gasteiger charge is 2.21. The van der Waals surface area contributed by atoms with E-state index in [0.717, 1.165) is 4.47 Å². The summed E-state index contributed by atoms with van der Waals surface area (Å²) < 4.78 is 6.47. The number of nitrogens with one attached hydrogen (secondary N) is 3. The Balaban J connectivity index is 2.08. The van der Waals surface area contributed by atoms with Crippen LogP contribution in [0.1, 0.15) is 45.0 Å². The van der Waals surface area contributed by atoms with Crippen molar-refractivity contribution in [3.8, 4) is 5.75 Å². The monoisotopic (exact) mass is 491 g/mol. The van der Waals surface area contributed by atoms with Crippen molar-refractivity contribution in [3.63, 3.8) is 0 Å². The third kappa shape index (κ3) is 7.11. The van der Waals surface area contributed by atoms with E-state index in [4.69, 9.17) is 17.0 Å². The zero-order chi connectivity index (χ0) is 22.5. The first-order valence-electron chi connectivity index (χ1n) is 9.46. The van der Waals surface area contributed by atoms with Crippen LogP contribution in [0.2, 0.25) is 0 Å². The molecule has 160 valence electrons. The molecule has 0 unspecified atom stereocenters. The quantitative estimate of drug-likeness (QED) is 0.491. The Morgan fingerprint density at radius 2 is 1.67 bits per heavy atom. The summed E-state index contributed by atoms with van der Waals surface area (Å²) in [5.74, 6) is -0.00936. The van der Waals surface area contributed by atoms with Crippen LogP contribution in [0.5, 0.6) is 5.75 Å². The molecule has 30 heavy (non-hydrogen) atoms. The number of carbonyl (C=O) groups is 2. The lowest BCUT2D eigenvalue weighted by Crippen LogP contribution is -2.34. The summed E-state index contributed by atoms with van der Waals surface area (Å²) >= 11 is 8.66. The van der Waals surface area contributed by atoms with Gasteiger partial charge in [-0.1, -0.05) is 42.8 Å². The summed E-state index contributed by atoms with van der Waals surface area (Å²) in [6, 6.07) is 12.3. The van der Waals surface area contributed by atoms with Crippen LogP contribution in [-0.4, -0.2) is 23.0 Å². The Morgan fingerprint density at radius 3 is 2.27 bits per heavy atom. The number of hydrogen-bond acceptors (Lipinski definition) is 4. The van der Waals surface area contributed by atoms with Gasteiger partial charge in [0, 0.05) is 21.3 Å². The Bertz CT molecular complexity index is 955. The minimum Gasteiger partial charge on any atom is -0.490 e. The number of amides is 2. The number of hydrogen-bond donors (Lipinski definition) is 3. The third-order valence-electron chi connectivity index (χ3n) is 3.84. The van der Waals surface area contributed by atoms with Gasteiger partial charge < -0.3 is 15.4 Å². The molecule has 0 aliphatic rings. The fraction of sp³-hybridized carbons (Fsp3) is 0.318. The van der Waals surface area contributed by atoms with Crippen LogP contribution < -0.4 is 20.7 Å². The molecule has 0 atom stereocenters. The van der Waals surface area contributed by atoms with E-state index in [9.17, 15) is 9.59 Å². The van der Waals surface area contributed by atoms with Gasteiger partial charge in [-0.05, 0) is 62.5 Å². The van der Waals surface area contributed by atoms with Crippen molar-refractivity contribution in [2.75, 3.05) is 10.6 Å². The first-order valence-corrected chi connectivity index (χ1v) is 10.7. The molecule has 2 amide bonds. The predicted molar refractivity (Wildman–Crippen MR) is 128 cm³/mol. The maximum atomic E-state index is 12.7. The summed E-state index contributed by atoms with van der Waals surface area (Å²) in [4.78, 5) is 24.9. The maximum Gasteiger partial charge on any atom is 0.261 e. The zero-order valence-corrected chi connectivity index (χ0v) is 20.0.